The highest BCUT2D eigenvalue weighted by atomic mass is 16.6. The van der Waals surface area contributed by atoms with E-state index in [-0.39, 0.29) is 12.1 Å². The number of amides is 1. The van der Waals surface area contributed by atoms with E-state index < -0.39 is 10.8 Å². The third kappa shape index (κ3) is 3.31. The van der Waals surface area contributed by atoms with Crippen molar-refractivity contribution in [3.05, 3.63) is 39.9 Å². The van der Waals surface area contributed by atoms with Crippen molar-refractivity contribution >= 4 is 17.8 Å². The van der Waals surface area contributed by atoms with E-state index in [9.17, 15) is 14.9 Å². The van der Waals surface area contributed by atoms with Crippen LogP contribution in [-0.2, 0) is 4.79 Å². The number of carbonyl (C=O) groups excluding carboxylic acids is 1. The largest absolute Gasteiger partial charge is 0.271 e. The summed E-state index contributed by atoms with van der Waals surface area (Å²) in [4.78, 5) is 24.3. The molecule has 0 N–H and O–H groups in total. The normalized spacial score (nSPS) is 9.94. The highest BCUT2D eigenvalue weighted by Crippen LogP contribution is 2.11. The van der Waals surface area contributed by atoms with Gasteiger partial charge in [-0.2, -0.15) is 5.26 Å². The van der Waals surface area contributed by atoms with E-state index >= 15 is 0 Å². The zero-order chi connectivity index (χ0) is 12.0. The van der Waals surface area contributed by atoms with Crippen molar-refractivity contribution in [2.24, 2.45) is 4.99 Å². The van der Waals surface area contributed by atoms with Crippen LogP contribution in [0.4, 0.5) is 5.69 Å². The van der Waals surface area contributed by atoms with Gasteiger partial charge in [0.2, 0.25) is 0 Å². The van der Waals surface area contributed by atoms with E-state index in [1.807, 2.05) is 0 Å². The highest BCUT2D eigenvalue weighted by Gasteiger charge is 2.04. The molecule has 0 heterocycles. The van der Waals surface area contributed by atoms with Gasteiger partial charge in [0.1, 0.15) is 6.42 Å². The number of hydrogen-bond acceptors (Lipinski definition) is 4. The second-order valence-electron chi connectivity index (χ2n) is 2.84. The Kier molecular flexibility index (Phi) is 3.86. The molecule has 16 heavy (non-hydrogen) atoms. The Morgan fingerprint density at radius 3 is 3.00 bits per heavy atom. The lowest BCUT2D eigenvalue weighted by atomic mass is 10.2. The Morgan fingerprint density at radius 1 is 1.62 bits per heavy atom. The summed E-state index contributed by atoms with van der Waals surface area (Å²) in [7, 11) is 0. The molecule has 0 saturated carbocycles. The van der Waals surface area contributed by atoms with E-state index in [0.717, 1.165) is 0 Å². The third-order valence-electron chi connectivity index (χ3n) is 1.67. The minimum atomic E-state index is -0.575. The van der Waals surface area contributed by atoms with Crippen molar-refractivity contribution in [2.45, 2.75) is 6.42 Å². The molecule has 0 aromatic heterocycles. The number of aliphatic imine (C=N–C) groups is 1. The van der Waals surface area contributed by atoms with Crippen molar-refractivity contribution in [1.82, 2.24) is 0 Å². The van der Waals surface area contributed by atoms with Crippen molar-refractivity contribution in [3.8, 4) is 6.07 Å². The van der Waals surface area contributed by atoms with Gasteiger partial charge in [-0.15, -0.1) is 0 Å². The average molecular weight is 217 g/mol. The minimum Gasteiger partial charge on any atom is -0.271 e. The summed E-state index contributed by atoms with van der Waals surface area (Å²) >= 11 is 0. The molecule has 0 bridgehead atoms. The van der Waals surface area contributed by atoms with Gasteiger partial charge in [-0.1, -0.05) is 12.1 Å². The fourth-order valence-electron chi connectivity index (χ4n) is 0.978. The molecular formula is C10H7N3O3. The molecule has 0 saturated heterocycles. The predicted molar refractivity (Wildman–Crippen MR) is 55.9 cm³/mol. The summed E-state index contributed by atoms with van der Waals surface area (Å²) in [6.45, 7) is 0. The van der Waals surface area contributed by atoms with Crippen LogP contribution in [0.1, 0.15) is 12.0 Å². The van der Waals surface area contributed by atoms with Crippen molar-refractivity contribution in [3.63, 3.8) is 0 Å². The highest BCUT2D eigenvalue weighted by molar-refractivity contribution is 5.92. The average Bonchev–Trinajstić information content (AvgIpc) is 2.27. The predicted octanol–water partition coefficient (Wildman–Crippen LogP) is 1.45. The van der Waals surface area contributed by atoms with Gasteiger partial charge in [0.05, 0.1) is 11.0 Å². The first-order valence-electron chi connectivity index (χ1n) is 4.32. The zero-order valence-electron chi connectivity index (χ0n) is 8.16. The van der Waals surface area contributed by atoms with Crippen molar-refractivity contribution in [2.75, 3.05) is 0 Å². The molecule has 1 aromatic rings. The van der Waals surface area contributed by atoms with Crippen LogP contribution < -0.4 is 0 Å². The lowest BCUT2D eigenvalue weighted by molar-refractivity contribution is -0.384. The smallest absolute Gasteiger partial charge is 0.270 e. The maximum absolute atomic E-state index is 10.9. The number of nitrogens with zero attached hydrogens (tertiary/aromatic N) is 3. The first-order chi connectivity index (χ1) is 7.63. The summed E-state index contributed by atoms with van der Waals surface area (Å²) in [5.74, 6) is -0.575. The van der Waals surface area contributed by atoms with Crippen LogP contribution in [0.15, 0.2) is 29.3 Å². The van der Waals surface area contributed by atoms with Crippen molar-refractivity contribution < 1.29 is 9.72 Å². The van der Waals surface area contributed by atoms with Gasteiger partial charge >= 0.3 is 0 Å². The topological polar surface area (TPSA) is 96.4 Å². The molecule has 0 aliphatic heterocycles. The second kappa shape index (κ2) is 5.36. The lowest BCUT2D eigenvalue weighted by Crippen LogP contribution is -1.93. The molecule has 0 aliphatic carbocycles. The molecular weight excluding hydrogens is 210 g/mol. The number of carbonyl (C=O) groups is 1. The number of rotatable bonds is 3. The first kappa shape index (κ1) is 11.5. The molecule has 0 spiro atoms. The van der Waals surface area contributed by atoms with Gasteiger partial charge in [0, 0.05) is 18.3 Å². The van der Waals surface area contributed by atoms with E-state index in [2.05, 4.69) is 4.99 Å². The minimum absolute atomic E-state index is 0.0725. The molecule has 1 amide bonds. The van der Waals surface area contributed by atoms with Crippen LogP contribution in [0.5, 0.6) is 0 Å². The zero-order valence-corrected chi connectivity index (χ0v) is 8.16. The SMILES string of the molecule is N#CCC(=O)N=Cc1cccc([N+](=O)[O-])c1. The number of hydrogen-bond donors (Lipinski definition) is 0. The van der Waals surface area contributed by atoms with Crippen LogP contribution in [0, 0.1) is 21.4 Å². The quantitative estimate of drug-likeness (QED) is 0.434. The fourth-order valence-corrected chi connectivity index (χ4v) is 0.978. The molecule has 1 rings (SSSR count). The van der Waals surface area contributed by atoms with Crippen molar-refractivity contribution in [1.29, 1.82) is 5.26 Å². The monoisotopic (exact) mass is 217 g/mol. The number of nitriles is 1. The van der Waals surface area contributed by atoms with Gasteiger partial charge in [-0.05, 0) is 5.56 Å². The standard InChI is InChI=1S/C10H7N3O3/c11-5-4-10(14)12-7-8-2-1-3-9(6-8)13(15)16/h1-3,6-7H,4H2. The van der Waals surface area contributed by atoms with Gasteiger partial charge in [-0.3, -0.25) is 14.9 Å². The number of non-ortho nitro benzene ring substituents is 1. The maximum atomic E-state index is 10.9. The molecule has 0 radical (unpaired) electrons. The summed E-state index contributed by atoms with van der Waals surface area (Å²) in [6, 6.07) is 7.37. The van der Waals surface area contributed by atoms with Crippen LogP contribution in [-0.4, -0.2) is 17.0 Å². The van der Waals surface area contributed by atoms with Crippen LogP contribution in [0.2, 0.25) is 0 Å². The Morgan fingerprint density at radius 2 is 2.38 bits per heavy atom. The molecule has 0 aliphatic rings. The molecule has 0 unspecified atom stereocenters. The summed E-state index contributed by atoms with van der Waals surface area (Å²) in [5, 5.41) is 18.7. The second-order valence-corrected chi connectivity index (χ2v) is 2.84. The van der Waals surface area contributed by atoms with Crippen LogP contribution in [0.3, 0.4) is 0 Å². The van der Waals surface area contributed by atoms with Gasteiger partial charge in [-0.25, -0.2) is 4.99 Å². The number of nitro benzene ring substituents is 1. The van der Waals surface area contributed by atoms with Gasteiger partial charge in [0.15, 0.2) is 0 Å². The lowest BCUT2D eigenvalue weighted by Gasteiger charge is -1.92. The molecule has 0 fully saturated rings. The molecule has 1 aromatic carbocycles. The number of benzene rings is 1. The van der Waals surface area contributed by atoms with Gasteiger partial charge < -0.3 is 0 Å². The van der Waals surface area contributed by atoms with Crippen LogP contribution in [0.25, 0.3) is 0 Å². The summed E-state index contributed by atoms with van der Waals surface area (Å²) < 4.78 is 0. The van der Waals surface area contributed by atoms with E-state index in [1.165, 1.54) is 24.4 Å². The fraction of sp³-hybridized carbons (Fsp3) is 0.100. The summed E-state index contributed by atoms with van der Waals surface area (Å²) in [6.07, 6.45) is 0.901. The maximum Gasteiger partial charge on any atom is 0.270 e. The molecule has 6 nitrogen and oxygen atoms in total. The summed E-state index contributed by atoms with van der Waals surface area (Å²) in [5.41, 5.74) is 0.372. The van der Waals surface area contributed by atoms with E-state index in [4.69, 9.17) is 5.26 Å². The Hall–Kier alpha value is -2.55. The molecule has 0 atom stereocenters. The molecule has 6 heteroatoms. The Balaban J connectivity index is 2.82. The Labute approximate surface area is 91.0 Å². The molecule has 80 valence electrons. The number of nitro groups is 1. The first-order valence-corrected chi connectivity index (χ1v) is 4.32. The van der Waals surface area contributed by atoms with E-state index in [1.54, 1.807) is 12.1 Å². The van der Waals surface area contributed by atoms with E-state index in [0.29, 0.717) is 5.56 Å². The van der Waals surface area contributed by atoms with Crippen LogP contribution >= 0.6 is 0 Å². The van der Waals surface area contributed by atoms with Gasteiger partial charge in [0.25, 0.3) is 11.6 Å². The third-order valence-corrected chi connectivity index (χ3v) is 1.67. The Bertz CT molecular complexity index is 488.